The number of nitrogens with one attached hydrogen (secondary N) is 1. The molecule has 112 valence electrons. The van der Waals surface area contributed by atoms with E-state index in [1.165, 1.54) is 0 Å². The van der Waals surface area contributed by atoms with Crippen LogP contribution in [-0.4, -0.2) is 37.0 Å². The van der Waals surface area contributed by atoms with Gasteiger partial charge in [-0.05, 0) is 71.0 Å². The second kappa shape index (κ2) is 7.90. The zero-order valence-electron chi connectivity index (χ0n) is 13.1. The molecule has 1 rings (SSSR count). The van der Waals surface area contributed by atoms with Crippen LogP contribution in [0.5, 0.6) is 0 Å². The van der Waals surface area contributed by atoms with E-state index in [9.17, 15) is 4.79 Å². The number of nitrogens with zero attached hydrogens (tertiary/aromatic N) is 1. The van der Waals surface area contributed by atoms with E-state index in [1.54, 1.807) is 12.1 Å². The Morgan fingerprint density at radius 3 is 2.65 bits per heavy atom. The molecule has 0 saturated heterocycles. The largest absolute Gasteiger partial charge is 0.399 e. The van der Waals surface area contributed by atoms with Crippen LogP contribution >= 0.6 is 0 Å². The van der Waals surface area contributed by atoms with E-state index < -0.39 is 0 Å². The fraction of sp³-hybridized carbons (Fsp3) is 0.562. The average Bonchev–Trinajstić information content (AvgIpc) is 2.40. The highest BCUT2D eigenvalue weighted by atomic mass is 16.1. The lowest BCUT2D eigenvalue weighted by Gasteiger charge is -2.20. The number of nitrogens with two attached hydrogens (primary N) is 1. The Morgan fingerprint density at radius 1 is 1.35 bits per heavy atom. The minimum absolute atomic E-state index is 0.0229. The summed E-state index contributed by atoms with van der Waals surface area (Å²) >= 11 is 0. The maximum Gasteiger partial charge on any atom is 0.251 e. The summed E-state index contributed by atoms with van der Waals surface area (Å²) in [5, 5.41) is 2.95. The van der Waals surface area contributed by atoms with Crippen LogP contribution in [0.15, 0.2) is 18.2 Å². The smallest absolute Gasteiger partial charge is 0.251 e. The number of nitrogen functional groups attached to an aromatic ring is 1. The van der Waals surface area contributed by atoms with Crippen LogP contribution in [0.3, 0.4) is 0 Å². The van der Waals surface area contributed by atoms with Crippen molar-refractivity contribution >= 4 is 11.6 Å². The minimum atomic E-state index is -0.0229. The molecule has 1 aromatic rings. The first-order chi connectivity index (χ1) is 9.41. The first kappa shape index (κ1) is 16.5. The van der Waals surface area contributed by atoms with Crippen molar-refractivity contribution < 1.29 is 4.79 Å². The number of hydrogen-bond acceptors (Lipinski definition) is 3. The van der Waals surface area contributed by atoms with E-state index in [1.807, 2.05) is 13.0 Å². The third-order valence-electron chi connectivity index (χ3n) is 3.64. The van der Waals surface area contributed by atoms with Crippen LogP contribution in [0.25, 0.3) is 0 Å². The van der Waals surface area contributed by atoms with Crippen LogP contribution in [0.2, 0.25) is 0 Å². The topological polar surface area (TPSA) is 58.4 Å². The van der Waals surface area contributed by atoms with E-state index in [4.69, 9.17) is 5.73 Å². The van der Waals surface area contributed by atoms with Gasteiger partial charge < -0.3 is 16.0 Å². The molecule has 3 N–H and O–H groups in total. The lowest BCUT2D eigenvalue weighted by molar-refractivity contribution is 0.0952. The molecule has 0 atom stereocenters. The third kappa shape index (κ3) is 5.21. The molecule has 4 nitrogen and oxygen atoms in total. The standard InChI is InChI=1S/C16H27N3O/c1-12(2)19(4)10-6-5-9-18-16(20)14-7-8-15(17)13(3)11-14/h7-8,11-12H,5-6,9-10,17H2,1-4H3,(H,18,20). The first-order valence-electron chi connectivity index (χ1n) is 7.26. The number of rotatable bonds is 7. The van der Waals surface area contributed by atoms with Crippen molar-refractivity contribution in [1.82, 2.24) is 10.2 Å². The van der Waals surface area contributed by atoms with Gasteiger partial charge in [-0.25, -0.2) is 0 Å². The molecule has 20 heavy (non-hydrogen) atoms. The van der Waals surface area contributed by atoms with Crippen molar-refractivity contribution in [1.29, 1.82) is 0 Å². The fourth-order valence-electron chi connectivity index (χ4n) is 1.87. The maximum absolute atomic E-state index is 12.0. The summed E-state index contributed by atoms with van der Waals surface area (Å²) in [6, 6.07) is 5.95. The minimum Gasteiger partial charge on any atom is -0.399 e. The summed E-state index contributed by atoms with van der Waals surface area (Å²) in [5.74, 6) is -0.0229. The Labute approximate surface area is 122 Å². The normalized spacial score (nSPS) is 11.1. The molecule has 0 unspecified atom stereocenters. The van der Waals surface area contributed by atoms with Gasteiger partial charge in [0.15, 0.2) is 0 Å². The molecule has 0 aliphatic heterocycles. The van der Waals surface area contributed by atoms with Gasteiger partial charge in [-0.2, -0.15) is 0 Å². The Kier molecular flexibility index (Phi) is 6.52. The van der Waals surface area contributed by atoms with Gasteiger partial charge in [-0.15, -0.1) is 0 Å². The summed E-state index contributed by atoms with van der Waals surface area (Å²) in [5.41, 5.74) is 8.08. The van der Waals surface area contributed by atoms with E-state index in [2.05, 4.69) is 31.1 Å². The van der Waals surface area contributed by atoms with Gasteiger partial charge >= 0.3 is 0 Å². The van der Waals surface area contributed by atoms with Gasteiger partial charge in [-0.3, -0.25) is 4.79 Å². The summed E-state index contributed by atoms with van der Waals surface area (Å²) in [6.45, 7) is 8.06. The van der Waals surface area contributed by atoms with Crippen molar-refractivity contribution in [3.05, 3.63) is 29.3 Å². The van der Waals surface area contributed by atoms with E-state index in [0.717, 1.165) is 30.6 Å². The number of benzene rings is 1. The summed E-state index contributed by atoms with van der Waals surface area (Å²) in [6.07, 6.45) is 2.09. The van der Waals surface area contributed by atoms with Crippen LogP contribution in [0.4, 0.5) is 5.69 Å². The fourth-order valence-corrected chi connectivity index (χ4v) is 1.87. The van der Waals surface area contributed by atoms with Gasteiger partial charge in [0.1, 0.15) is 0 Å². The number of hydrogen-bond donors (Lipinski definition) is 2. The number of amides is 1. The molecular weight excluding hydrogens is 250 g/mol. The van der Waals surface area contributed by atoms with Crippen molar-refractivity contribution in [2.45, 2.75) is 39.7 Å². The van der Waals surface area contributed by atoms with Gasteiger partial charge in [0.05, 0.1) is 0 Å². The monoisotopic (exact) mass is 277 g/mol. The SMILES string of the molecule is Cc1cc(C(=O)NCCCCN(C)C(C)C)ccc1N. The zero-order valence-corrected chi connectivity index (χ0v) is 13.1. The highest BCUT2D eigenvalue weighted by Crippen LogP contribution is 2.12. The van der Waals surface area contributed by atoms with Crippen LogP contribution in [0, 0.1) is 6.92 Å². The number of carbonyl (C=O) groups is 1. The van der Waals surface area contributed by atoms with Crippen molar-refractivity contribution in [3.8, 4) is 0 Å². The van der Waals surface area contributed by atoms with Gasteiger partial charge in [0.25, 0.3) is 5.91 Å². The van der Waals surface area contributed by atoms with Crippen LogP contribution < -0.4 is 11.1 Å². The lowest BCUT2D eigenvalue weighted by atomic mass is 10.1. The first-order valence-corrected chi connectivity index (χ1v) is 7.26. The summed E-state index contributed by atoms with van der Waals surface area (Å²) in [7, 11) is 2.13. The Morgan fingerprint density at radius 2 is 2.05 bits per heavy atom. The molecule has 0 radical (unpaired) electrons. The molecule has 1 amide bonds. The van der Waals surface area contributed by atoms with Crippen molar-refractivity contribution in [3.63, 3.8) is 0 Å². The number of anilines is 1. The predicted octanol–water partition coefficient (Wildman–Crippen LogP) is 2.43. The molecule has 0 bridgehead atoms. The summed E-state index contributed by atoms with van der Waals surface area (Å²) in [4.78, 5) is 14.3. The van der Waals surface area contributed by atoms with E-state index in [0.29, 0.717) is 18.2 Å². The van der Waals surface area contributed by atoms with Crippen molar-refractivity contribution in [2.75, 3.05) is 25.9 Å². The molecule has 0 aliphatic rings. The van der Waals surface area contributed by atoms with Crippen LogP contribution in [0.1, 0.15) is 42.6 Å². The van der Waals surface area contributed by atoms with Gasteiger partial charge in [0, 0.05) is 23.8 Å². The van der Waals surface area contributed by atoms with Crippen molar-refractivity contribution in [2.24, 2.45) is 0 Å². The Bertz CT molecular complexity index is 443. The van der Waals surface area contributed by atoms with Gasteiger partial charge in [-0.1, -0.05) is 0 Å². The number of unbranched alkanes of at least 4 members (excludes halogenated alkanes) is 1. The highest BCUT2D eigenvalue weighted by molar-refractivity contribution is 5.94. The maximum atomic E-state index is 12.0. The third-order valence-corrected chi connectivity index (χ3v) is 3.64. The molecule has 0 fully saturated rings. The lowest BCUT2D eigenvalue weighted by Crippen LogP contribution is -2.29. The Balaban J connectivity index is 2.28. The highest BCUT2D eigenvalue weighted by Gasteiger charge is 2.06. The molecule has 1 aromatic carbocycles. The Hall–Kier alpha value is -1.55. The predicted molar refractivity (Wildman–Crippen MR) is 84.9 cm³/mol. The van der Waals surface area contributed by atoms with Crippen LogP contribution in [-0.2, 0) is 0 Å². The molecule has 0 spiro atoms. The summed E-state index contributed by atoms with van der Waals surface area (Å²) < 4.78 is 0. The molecule has 0 saturated carbocycles. The zero-order chi connectivity index (χ0) is 15.1. The molecule has 0 heterocycles. The number of aryl methyl sites for hydroxylation is 1. The number of carbonyl (C=O) groups excluding carboxylic acids is 1. The quantitative estimate of drug-likeness (QED) is 0.594. The second-order valence-corrected chi connectivity index (χ2v) is 5.61. The average molecular weight is 277 g/mol. The van der Waals surface area contributed by atoms with Gasteiger partial charge in [0.2, 0.25) is 0 Å². The molecule has 4 heteroatoms. The molecule has 0 aromatic heterocycles. The molecule has 0 aliphatic carbocycles. The molecular formula is C16H27N3O. The second-order valence-electron chi connectivity index (χ2n) is 5.61. The van der Waals surface area contributed by atoms with E-state index in [-0.39, 0.29) is 5.91 Å². The van der Waals surface area contributed by atoms with E-state index >= 15 is 0 Å².